The van der Waals surface area contributed by atoms with Gasteiger partial charge in [-0.25, -0.2) is 8.78 Å². The number of nitrogens with zero attached hydrogens (tertiary/aromatic N) is 4. The van der Waals surface area contributed by atoms with Crippen molar-refractivity contribution < 1.29 is 18.4 Å². The van der Waals surface area contributed by atoms with Crippen LogP contribution in [0.1, 0.15) is 53.5 Å². The average molecular weight is 560 g/mol. The van der Waals surface area contributed by atoms with Crippen LogP contribution in [0.5, 0.6) is 0 Å². The highest BCUT2D eigenvalue weighted by molar-refractivity contribution is 5.98. The van der Waals surface area contributed by atoms with Gasteiger partial charge in [-0.05, 0) is 41.8 Å². The van der Waals surface area contributed by atoms with E-state index in [9.17, 15) is 18.4 Å². The Morgan fingerprint density at radius 3 is 2.73 bits per heavy atom. The predicted octanol–water partition coefficient (Wildman–Crippen LogP) is 3.89. The molecule has 0 saturated carbocycles. The van der Waals surface area contributed by atoms with Crippen molar-refractivity contribution in [2.75, 3.05) is 37.6 Å². The molecule has 6 rings (SSSR count). The Bertz CT molecular complexity index is 1510. The van der Waals surface area contributed by atoms with Gasteiger partial charge in [-0.15, -0.1) is 0 Å². The molecule has 1 fully saturated rings. The normalized spacial score (nSPS) is 21.7. The second-order valence-electron chi connectivity index (χ2n) is 12.2. The quantitative estimate of drug-likeness (QED) is 0.497. The maximum absolute atomic E-state index is 14.4. The fraction of sp³-hybridized carbons (Fsp3) is 0.406. The van der Waals surface area contributed by atoms with Crippen LogP contribution < -0.4 is 10.2 Å². The van der Waals surface area contributed by atoms with E-state index in [1.807, 2.05) is 35.2 Å². The van der Waals surface area contributed by atoms with Crippen LogP contribution in [-0.4, -0.2) is 71.4 Å². The van der Waals surface area contributed by atoms with Crippen molar-refractivity contribution in [3.8, 4) is 0 Å². The zero-order valence-electron chi connectivity index (χ0n) is 23.7. The number of benzene rings is 2. The third kappa shape index (κ3) is 5.36. The topological polar surface area (TPSA) is 68.8 Å². The first-order valence-electron chi connectivity index (χ1n) is 14.2. The minimum Gasteiger partial charge on any atom is -0.333 e. The molecule has 0 unspecified atom stereocenters. The lowest BCUT2D eigenvalue weighted by atomic mass is 9.91. The number of fused-ring (bicyclic) bond motifs is 2. The van der Waals surface area contributed by atoms with Gasteiger partial charge in [-0.2, -0.15) is 0 Å². The molecule has 2 amide bonds. The number of rotatable bonds is 6. The number of aromatic nitrogens is 1. The van der Waals surface area contributed by atoms with Gasteiger partial charge in [0.1, 0.15) is 11.6 Å². The van der Waals surface area contributed by atoms with Gasteiger partial charge in [0, 0.05) is 74.5 Å². The van der Waals surface area contributed by atoms with Gasteiger partial charge in [0.15, 0.2) is 0 Å². The number of anilines is 1. The van der Waals surface area contributed by atoms with Crippen LogP contribution in [-0.2, 0) is 23.2 Å². The molecule has 3 aliphatic rings. The number of hydrogen-bond donors (Lipinski definition) is 1. The predicted molar refractivity (Wildman–Crippen MR) is 153 cm³/mol. The number of amides is 2. The molecular weight excluding hydrogens is 524 g/mol. The summed E-state index contributed by atoms with van der Waals surface area (Å²) in [5.41, 5.74) is 4.16. The third-order valence-electron chi connectivity index (χ3n) is 8.51. The molecule has 1 N–H and O–H groups in total. The molecule has 2 atom stereocenters. The Kier molecular flexibility index (Phi) is 7.11. The molecule has 0 bridgehead atoms. The number of halogens is 2. The zero-order valence-corrected chi connectivity index (χ0v) is 23.7. The number of carbonyl (C=O) groups is 2. The van der Waals surface area contributed by atoms with Crippen molar-refractivity contribution in [3.63, 3.8) is 0 Å². The van der Waals surface area contributed by atoms with E-state index in [1.54, 1.807) is 11.1 Å². The number of piperazine rings is 1. The van der Waals surface area contributed by atoms with E-state index < -0.39 is 11.6 Å². The molecular formula is C32H35F2N5O2. The Morgan fingerprint density at radius 2 is 1.95 bits per heavy atom. The molecule has 3 aromatic rings. The van der Waals surface area contributed by atoms with E-state index in [0.717, 1.165) is 34.1 Å². The van der Waals surface area contributed by atoms with E-state index in [2.05, 4.69) is 31.0 Å². The van der Waals surface area contributed by atoms with Gasteiger partial charge in [0.25, 0.3) is 5.91 Å². The molecule has 214 valence electrons. The Hall–Kier alpha value is -3.69. The Morgan fingerprint density at radius 1 is 1.15 bits per heavy atom. The highest BCUT2D eigenvalue weighted by Gasteiger charge is 2.41. The van der Waals surface area contributed by atoms with E-state index in [1.165, 1.54) is 12.1 Å². The number of pyridine rings is 1. The minimum atomic E-state index is -0.615. The molecule has 0 spiro atoms. The first kappa shape index (κ1) is 27.5. The smallest absolute Gasteiger partial charge is 0.254 e. The van der Waals surface area contributed by atoms with E-state index in [0.29, 0.717) is 38.3 Å². The van der Waals surface area contributed by atoms with Gasteiger partial charge in [-0.3, -0.25) is 19.5 Å². The summed E-state index contributed by atoms with van der Waals surface area (Å²) in [6, 6.07) is 13.4. The summed E-state index contributed by atoms with van der Waals surface area (Å²) < 4.78 is 27.8. The molecule has 7 nitrogen and oxygen atoms in total. The molecule has 1 aromatic heterocycles. The highest BCUT2D eigenvalue weighted by atomic mass is 19.1. The first-order valence-corrected chi connectivity index (χ1v) is 14.2. The molecule has 9 heteroatoms. The van der Waals surface area contributed by atoms with Crippen molar-refractivity contribution in [3.05, 3.63) is 94.3 Å². The lowest BCUT2D eigenvalue weighted by Crippen LogP contribution is -2.60. The van der Waals surface area contributed by atoms with Crippen molar-refractivity contribution in [2.45, 2.75) is 51.2 Å². The third-order valence-corrected chi connectivity index (χ3v) is 8.51. The standard InChI is InChI=1S/C32H35F2N5O2/c1-20-15-37(25(14-35-20)17-38-16-23-6-4-5-7-26(23)31(38)41)18-29(40)39-19-32(2,3)30-28(39)11-21(13-36-30)10-22-8-9-24(33)12-27(22)34/h4-9,11-13,20,25,35H,10,14-19H2,1-3H3/t20-,25-/m1/s1. The summed E-state index contributed by atoms with van der Waals surface area (Å²) in [5, 5.41) is 3.51. The minimum absolute atomic E-state index is 0.00518. The van der Waals surface area contributed by atoms with Gasteiger partial charge in [-0.1, -0.05) is 38.1 Å². The maximum atomic E-state index is 14.4. The van der Waals surface area contributed by atoms with Crippen LogP contribution in [0.15, 0.2) is 54.7 Å². The highest BCUT2D eigenvalue weighted by Crippen LogP contribution is 2.40. The summed E-state index contributed by atoms with van der Waals surface area (Å²) in [5.74, 6) is -1.20. The molecule has 4 heterocycles. The maximum Gasteiger partial charge on any atom is 0.254 e. The molecule has 0 radical (unpaired) electrons. The summed E-state index contributed by atoms with van der Waals surface area (Å²) in [7, 11) is 0. The van der Waals surface area contributed by atoms with Crippen LogP contribution in [0.2, 0.25) is 0 Å². The molecule has 0 aliphatic carbocycles. The van der Waals surface area contributed by atoms with Crippen LogP contribution in [0.4, 0.5) is 14.5 Å². The van der Waals surface area contributed by atoms with E-state index in [4.69, 9.17) is 4.98 Å². The van der Waals surface area contributed by atoms with Crippen molar-refractivity contribution in [1.82, 2.24) is 20.1 Å². The van der Waals surface area contributed by atoms with Gasteiger partial charge in [0.05, 0.1) is 17.9 Å². The van der Waals surface area contributed by atoms with Gasteiger partial charge >= 0.3 is 0 Å². The second-order valence-corrected chi connectivity index (χ2v) is 12.2. The monoisotopic (exact) mass is 559 g/mol. The molecule has 2 aromatic carbocycles. The molecule has 1 saturated heterocycles. The summed E-state index contributed by atoms with van der Waals surface area (Å²) in [4.78, 5) is 37.5. The van der Waals surface area contributed by atoms with E-state index >= 15 is 0 Å². The Labute approximate surface area is 239 Å². The van der Waals surface area contributed by atoms with Crippen LogP contribution in [0.25, 0.3) is 0 Å². The van der Waals surface area contributed by atoms with Crippen molar-refractivity contribution in [2.24, 2.45) is 0 Å². The number of carbonyl (C=O) groups excluding carboxylic acids is 2. The van der Waals surface area contributed by atoms with Crippen LogP contribution in [0.3, 0.4) is 0 Å². The van der Waals surface area contributed by atoms with Crippen molar-refractivity contribution >= 4 is 17.5 Å². The molecule has 41 heavy (non-hydrogen) atoms. The largest absolute Gasteiger partial charge is 0.333 e. The SMILES string of the molecule is C[C@@H]1CN(CC(=O)N2CC(C)(C)c3ncc(Cc4ccc(F)cc4F)cc32)[C@@H](CN2Cc3ccccc3C2=O)CN1. The number of hydrogen-bond acceptors (Lipinski definition) is 5. The summed E-state index contributed by atoms with van der Waals surface area (Å²) in [6.07, 6.45) is 1.97. The van der Waals surface area contributed by atoms with Gasteiger partial charge in [0.2, 0.25) is 5.91 Å². The lowest BCUT2D eigenvalue weighted by molar-refractivity contribution is -0.120. The zero-order chi connectivity index (χ0) is 28.9. The Balaban J connectivity index is 1.20. The van der Waals surface area contributed by atoms with E-state index in [-0.39, 0.29) is 42.3 Å². The number of nitrogens with one attached hydrogen (secondary N) is 1. The fourth-order valence-electron chi connectivity index (χ4n) is 6.36. The lowest BCUT2D eigenvalue weighted by Gasteiger charge is -2.41. The van der Waals surface area contributed by atoms with Gasteiger partial charge < -0.3 is 15.1 Å². The summed E-state index contributed by atoms with van der Waals surface area (Å²) in [6.45, 7) is 9.45. The molecule has 3 aliphatic heterocycles. The summed E-state index contributed by atoms with van der Waals surface area (Å²) >= 11 is 0. The fourth-order valence-corrected chi connectivity index (χ4v) is 6.36. The first-order chi connectivity index (χ1) is 19.6. The second kappa shape index (κ2) is 10.6. The van der Waals surface area contributed by atoms with Crippen molar-refractivity contribution in [1.29, 1.82) is 0 Å². The van der Waals surface area contributed by atoms with Crippen LogP contribution >= 0.6 is 0 Å². The van der Waals surface area contributed by atoms with Crippen LogP contribution in [0, 0.1) is 11.6 Å². The average Bonchev–Trinajstić information content (AvgIpc) is 3.39.